The van der Waals surface area contributed by atoms with Crippen molar-refractivity contribution in [1.29, 1.82) is 0 Å². The third kappa shape index (κ3) is 14.7. The SMILES string of the molecule is CC(C)NCC1=CCOC1.CC(C)NCC1CCOC1.CC(C)NCc1ccoc1. The van der Waals surface area contributed by atoms with Crippen molar-refractivity contribution in [1.82, 2.24) is 16.0 Å². The molecule has 0 amide bonds. The summed E-state index contributed by atoms with van der Waals surface area (Å²) in [6.07, 6.45) is 6.84. The molecule has 3 heterocycles. The molecule has 6 nitrogen and oxygen atoms in total. The normalized spacial score (nSPS) is 18.3. The Morgan fingerprint density at radius 3 is 2.13 bits per heavy atom. The molecule has 0 radical (unpaired) electrons. The summed E-state index contributed by atoms with van der Waals surface area (Å²) in [6.45, 7) is 19.4. The van der Waals surface area contributed by atoms with Crippen molar-refractivity contribution >= 4 is 0 Å². The quantitative estimate of drug-likeness (QED) is 0.526. The van der Waals surface area contributed by atoms with Gasteiger partial charge in [0.05, 0.1) is 32.3 Å². The highest BCUT2D eigenvalue weighted by molar-refractivity contribution is 5.08. The second-order valence-electron chi connectivity index (χ2n) is 8.87. The molecule has 1 aromatic rings. The second kappa shape index (κ2) is 16.5. The van der Waals surface area contributed by atoms with Crippen LogP contribution in [0, 0.1) is 5.92 Å². The zero-order chi connectivity index (χ0) is 22.2. The standard InChI is InChI=1S/C8H17NO.C8H15NO.C8H13NO/c3*1-7(2)9-5-8-3-4-10-6-8/h7-9H,3-6H2,1-2H3;3,7,9H,4-6H2,1-2H3;3-4,6-7,9H,5H2,1-2H3. The van der Waals surface area contributed by atoms with Crippen LogP contribution in [0.4, 0.5) is 0 Å². The lowest BCUT2D eigenvalue weighted by atomic mass is 10.1. The molecule has 1 fully saturated rings. The zero-order valence-electron chi connectivity index (χ0n) is 20.0. The molecule has 1 atom stereocenters. The van der Waals surface area contributed by atoms with Gasteiger partial charge in [-0.1, -0.05) is 47.6 Å². The van der Waals surface area contributed by atoms with Crippen LogP contribution in [-0.4, -0.2) is 57.6 Å². The maximum Gasteiger partial charge on any atom is 0.0947 e. The molecule has 1 aromatic heterocycles. The van der Waals surface area contributed by atoms with Gasteiger partial charge in [-0.15, -0.1) is 0 Å². The van der Waals surface area contributed by atoms with Gasteiger partial charge in [0, 0.05) is 49.9 Å². The summed E-state index contributed by atoms with van der Waals surface area (Å²) >= 11 is 0. The minimum absolute atomic E-state index is 0.537. The molecule has 1 saturated heterocycles. The van der Waals surface area contributed by atoms with E-state index in [9.17, 15) is 0 Å². The van der Waals surface area contributed by atoms with Crippen molar-refractivity contribution in [3.05, 3.63) is 35.8 Å². The van der Waals surface area contributed by atoms with E-state index in [0.29, 0.717) is 18.1 Å². The number of rotatable bonds is 9. The van der Waals surface area contributed by atoms with Gasteiger partial charge in [0.2, 0.25) is 0 Å². The summed E-state index contributed by atoms with van der Waals surface area (Å²) < 4.78 is 15.3. The van der Waals surface area contributed by atoms with E-state index >= 15 is 0 Å². The number of furan rings is 1. The van der Waals surface area contributed by atoms with Gasteiger partial charge in [0.15, 0.2) is 0 Å². The smallest absolute Gasteiger partial charge is 0.0947 e. The lowest BCUT2D eigenvalue weighted by Crippen LogP contribution is -2.29. The highest BCUT2D eigenvalue weighted by atomic mass is 16.5. The zero-order valence-corrected chi connectivity index (χ0v) is 20.0. The van der Waals surface area contributed by atoms with Gasteiger partial charge in [0.1, 0.15) is 0 Å². The first kappa shape index (κ1) is 26.9. The molecule has 174 valence electrons. The third-order valence-corrected chi connectivity index (χ3v) is 4.65. The predicted molar refractivity (Wildman–Crippen MR) is 125 cm³/mol. The average Bonchev–Trinajstić information content (AvgIpc) is 3.48. The topological polar surface area (TPSA) is 67.7 Å². The molecule has 0 aliphatic carbocycles. The fraction of sp³-hybridized carbons (Fsp3) is 0.750. The van der Waals surface area contributed by atoms with Crippen LogP contribution in [0.3, 0.4) is 0 Å². The lowest BCUT2D eigenvalue weighted by molar-refractivity contribution is 0.185. The Kier molecular flexibility index (Phi) is 14.8. The molecule has 30 heavy (non-hydrogen) atoms. The molecular weight excluding hydrogens is 378 g/mol. The lowest BCUT2D eigenvalue weighted by Gasteiger charge is -2.11. The van der Waals surface area contributed by atoms with Gasteiger partial charge in [-0.2, -0.15) is 0 Å². The number of hydrogen-bond acceptors (Lipinski definition) is 6. The van der Waals surface area contributed by atoms with Crippen LogP contribution in [0.1, 0.15) is 53.5 Å². The van der Waals surface area contributed by atoms with E-state index in [1.54, 1.807) is 12.5 Å². The Labute approximate surface area is 184 Å². The monoisotopic (exact) mass is 423 g/mol. The van der Waals surface area contributed by atoms with Crippen LogP contribution in [0.15, 0.2) is 34.7 Å². The van der Waals surface area contributed by atoms with Gasteiger partial charge in [-0.25, -0.2) is 0 Å². The number of ether oxygens (including phenoxy) is 2. The molecule has 0 bridgehead atoms. The molecule has 2 aliphatic heterocycles. The van der Waals surface area contributed by atoms with E-state index in [0.717, 1.165) is 52.0 Å². The molecule has 2 aliphatic rings. The van der Waals surface area contributed by atoms with E-state index < -0.39 is 0 Å². The van der Waals surface area contributed by atoms with Crippen LogP contribution in [-0.2, 0) is 16.0 Å². The van der Waals surface area contributed by atoms with Crippen LogP contribution in [0.2, 0.25) is 0 Å². The molecule has 0 aromatic carbocycles. The van der Waals surface area contributed by atoms with Gasteiger partial charge in [-0.05, 0) is 24.0 Å². The highest BCUT2D eigenvalue weighted by Crippen LogP contribution is 2.10. The van der Waals surface area contributed by atoms with Crippen molar-refractivity contribution in [3.63, 3.8) is 0 Å². The molecule has 3 N–H and O–H groups in total. The van der Waals surface area contributed by atoms with E-state index in [1.807, 2.05) is 6.07 Å². The molecule has 0 saturated carbocycles. The minimum Gasteiger partial charge on any atom is -0.472 e. The number of hydrogen-bond donors (Lipinski definition) is 3. The largest absolute Gasteiger partial charge is 0.472 e. The summed E-state index contributed by atoms with van der Waals surface area (Å²) in [4.78, 5) is 0. The fourth-order valence-corrected chi connectivity index (χ4v) is 2.75. The second-order valence-corrected chi connectivity index (χ2v) is 8.87. The molecule has 0 spiro atoms. The predicted octanol–water partition coefficient (Wildman–Crippen LogP) is 3.74. The van der Waals surface area contributed by atoms with Crippen LogP contribution in [0.25, 0.3) is 0 Å². The average molecular weight is 424 g/mol. The van der Waals surface area contributed by atoms with Crippen molar-refractivity contribution in [2.75, 3.05) is 39.5 Å². The Balaban J connectivity index is 0.000000225. The first-order valence-corrected chi connectivity index (χ1v) is 11.4. The Morgan fingerprint density at radius 1 is 0.933 bits per heavy atom. The van der Waals surface area contributed by atoms with Crippen molar-refractivity contribution in [2.24, 2.45) is 5.92 Å². The summed E-state index contributed by atoms with van der Waals surface area (Å²) in [5.41, 5.74) is 2.59. The minimum atomic E-state index is 0.537. The summed E-state index contributed by atoms with van der Waals surface area (Å²) in [5, 5.41) is 10.0. The summed E-state index contributed by atoms with van der Waals surface area (Å²) in [5.74, 6) is 0.766. The first-order chi connectivity index (χ1) is 14.4. The maximum atomic E-state index is 5.25. The van der Waals surface area contributed by atoms with Crippen molar-refractivity contribution < 1.29 is 13.9 Å². The van der Waals surface area contributed by atoms with Crippen molar-refractivity contribution in [3.8, 4) is 0 Å². The maximum absolute atomic E-state index is 5.25. The van der Waals surface area contributed by atoms with E-state index in [2.05, 4.69) is 63.6 Å². The van der Waals surface area contributed by atoms with Gasteiger partial charge >= 0.3 is 0 Å². The highest BCUT2D eigenvalue weighted by Gasteiger charge is 2.14. The van der Waals surface area contributed by atoms with Gasteiger partial charge < -0.3 is 29.8 Å². The Hall–Kier alpha value is -1.18. The van der Waals surface area contributed by atoms with Crippen LogP contribution < -0.4 is 16.0 Å². The Morgan fingerprint density at radius 2 is 1.63 bits per heavy atom. The van der Waals surface area contributed by atoms with E-state index in [4.69, 9.17) is 13.9 Å². The molecule has 1 unspecified atom stereocenters. The molecular formula is C24H45N3O3. The van der Waals surface area contributed by atoms with E-state index in [1.165, 1.54) is 17.6 Å². The third-order valence-electron chi connectivity index (χ3n) is 4.65. The van der Waals surface area contributed by atoms with Gasteiger partial charge in [-0.3, -0.25) is 0 Å². The molecule has 6 heteroatoms. The molecule has 3 rings (SSSR count). The van der Waals surface area contributed by atoms with Crippen LogP contribution in [0.5, 0.6) is 0 Å². The summed E-state index contributed by atoms with van der Waals surface area (Å²) in [6, 6.07) is 3.69. The summed E-state index contributed by atoms with van der Waals surface area (Å²) in [7, 11) is 0. The number of nitrogens with one attached hydrogen (secondary N) is 3. The van der Waals surface area contributed by atoms with Crippen LogP contribution >= 0.6 is 0 Å². The Bertz CT molecular complexity index is 536. The van der Waals surface area contributed by atoms with Crippen molar-refractivity contribution in [2.45, 2.75) is 72.6 Å². The van der Waals surface area contributed by atoms with E-state index in [-0.39, 0.29) is 0 Å². The first-order valence-electron chi connectivity index (χ1n) is 11.4. The fourth-order valence-electron chi connectivity index (χ4n) is 2.75. The van der Waals surface area contributed by atoms with Gasteiger partial charge in [0.25, 0.3) is 0 Å².